The van der Waals surface area contributed by atoms with Crippen molar-refractivity contribution in [2.24, 2.45) is 5.10 Å². The smallest absolute Gasteiger partial charge is 0.416 e. The van der Waals surface area contributed by atoms with Crippen molar-refractivity contribution in [1.82, 2.24) is 14.2 Å². The number of alkyl halides is 3. The second-order valence-electron chi connectivity index (χ2n) is 8.42. The summed E-state index contributed by atoms with van der Waals surface area (Å²) in [5.74, 6) is -1.08. The largest absolute Gasteiger partial charge is 0.480 e. The summed E-state index contributed by atoms with van der Waals surface area (Å²) >= 11 is 0. The topological polar surface area (TPSA) is 89.5 Å². The number of nitrogens with zero attached hydrogens (tertiary/aromatic N) is 4. The molecule has 0 radical (unpaired) electrons. The highest BCUT2D eigenvalue weighted by Gasteiger charge is 2.31. The summed E-state index contributed by atoms with van der Waals surface area (Å²) in [6, 6.07) is 17.3. The quantitative estimate of drug-likeness (QED) is 0.317. The summed E-state index contributed by atoms with van der Waals surface area (Å²) in [6.45, 7) is 1.54. The fourth-order valence-corrected chi connectivity index (χ4v) is 4.15. The van der Waals surface area contributed by atoms with Gasteiger partial charge in [0.15, 0.2) is 5.82 Å². The first kappa shape index (κ1) is 24.0. The van der Waals surface area contributed by atoms with Gasteiger partial charge in [-0.3, -0.25) is 4.79 Å². The van der Waals surface area contributed by atoms with Crippen molar-refractivity contribution in [2.75, 3.05) is 0 Å². The first-order chi connectivity index (χ1) is 17.6. The Kier molecular flexibility index (Phi) is 5.87. The Bertz CT molecular complexity index is 1750. The Hall–Kier alpha value is -4.73. The van der Waals surface area contributed by atoms with Gasteiger partial charge in [0.2, 0.25) is 0 Å². The number of carbonyl (C=O) groups is 1. The van der Waals surface area contributed by atoms with Gasteiger partial charge >= 0.3 is 12.1 Å². The number of para-hydroxylation sites is 2. The second-order valence-corrected chi connectivity index (χ2v) is 8.42. The normalized spacial score (nSPS) is 13.0. The van der Waals surface area contributed by atoms with E-state index in [0.717, 1.165) is 16.8 Å². The van der Waals surface area contributed by atoms with Gasteiger partial charge in [0, 0.05) is 28.2 Å². The van der Waals surface area contributed by atoms with Crippen LogP contribution in [0.15, 0.2) is 88.9 Å². The maximum Gasteiger partial charge on any atom is 0.416 e. The van der Waals surface area contributed by atoms with E-state index in [9.17, 15) is 27.9 Å². The minimum atomic E-state index is -4.58. The number of carboxylic acids is 1. The second kappa shape index (κ2) is 9.05. The van der Waals surface area contributed by atoms with Crippen LogP contribution in [0.4, 0.5) is 13.2 Å². The third-order valence-electron chi connectivity index (χ3n) is 6.06. The Morgan fingerprint density at radius 2 is 1.73 bits per heavy atom. The SMILES string of the molecule is C[C@@H](C(=O)O)n1cc(C=Nn2c(-c3cccc(C(F)(F)F)c3)nc3ccccc3c2=O)c2ccccc21. The molecule has 2 aromatic heterocycles. The van der Waals surface area contributed by atoms with Crippen LogP contribution < -0.4 is 5.56 Å². The van der Waals surface area contributed by atoms with Crippen molar-refractivity contribution in [1.29, 1.82) is 0 Å². The molecule has 1 atom stereocenters. The number of aromatic nitrogens is 3. The highest BCUT2D eigenvalue weighted by atomic mass is 19.4. The van der Waals surface area contributed by atoms with E-state index in [4.69, 9.17) is 0 Å². The molecular weight excluding hydrogens is 485 g/mol. The van der Waals surface area contributed by atoms with Crippen molar-refractivity contribution in [3.63, 3.8) is 0 Å². The van der Waals surface area contributed by atoms with Crippen LogP contribution in [-0.4, -0.2) is 31.5 Å². The van der Waals surface area contributed by atoms with Crippen molar-refractivity contribution < 1.29 is 23.1 Å². The van der Waals surface area contributed by atoms with Crippen LogP contribution in [0.2, 0.25) is 0 Å². The highest BCUT2D eigenvalue weighted by molar-refractivity contribution is 6.00. The number of carboxylic acid groups (broad SMARTS) is 1. The van der Waals surface area contributed by atoms with Crippen LogP contribution in [0, 0.1) is 0 Å². The van der Waals surface area contributed by atoms with Gasteiger partial charge < -0.3 is 9.67 Å². The summed E-state index contributed by atoms with van der Waals surface area (Å²) in [4.78, 5) is 29.5. The Morgan fingerprint density at radius 3 is 2.46 bits per heavy atom. The zero-order valence-electron chi connectivity index (χ0n) is 19.3. The lowest BCUT2D eigenvalue weighted by atomic mass is 10.1. The fourth-order valence-electron chi connectivity index (χ4n) is 4.15. The van der Waals surface area contributed by atoms with Gasteiger partial charge in [0.05, 0.1) is 22.7 Å². The molecule has 0 saturated carbocycles. The van der Waals surface area contributed by atoms with Crippen molar-refractivity contribution >= 4 is 34.0 Å². The number of hydrogen-bond donors (Lipinski definition) is 1. The van der Waals surface area contributed by atoms with E-state index < -0.39 is 29.3 Å². The predicted molar refractivity (Wildman–Crippen MR) is 134 cm³/mol. The Balaban J connectivity index is 1.72. The van der Waals surface area contributed by atoms with Gasteiger partial charge in [-0.1, -0.05) is 42.5 Å². The van der Waals surface area contributed by atoms with Gasteiger partial charge in [-0.05, 0) is 37.3 Å². The molecular formula is C27H19F3N4O3. The summed E-state index contributed by atoms with van der Waals surface area (Å²) < 4.78 is 42.7. The third-order valence-corrected chi connectivity index (χ3v) is 6.06. The molecule has 3 aromatic carbocycles. The number of hydrogen-bond acceptors (Lipinski definition) is 4. The Labute approximate surface area is 207 Å². The molecule has 2 heterocycles. The van der Waals surface area contributed by atoms with Gasteiger partial charge in [-0.15, -0.1) is 0 Å². The summed E-state index contributed by atoms with van der Waals surface area (Å²) in [5.41, 5.74) is 0.125. The average Bonchev–Trinajstić information content (AvgIpc) is 3.25. The molecule has 0 unspecified atom stereocenters. The maximum atomic E-state index is 13.4. The van der Waals surface area contributed by atoms with Crippen molar-refractivity contribution in [2.45, 2.75) is 19.1 Å². The first-order valence-corrected chi connectivity index (χ1v) is 11.2. The van der Waals surface area contributed by atoms with E-state index in [1.165, 1.54) is 18.3 Å². The van der Waals surface area contributed by atoms with Gasteiger partial charge in [0.1, 0.15) is 6.04 Å². The molecule has 0 amide bonds. The highest BCUT2D eigenvalue weighted by Crippen LogP contribution is 2.32. The zero-order valence-corrected chi connectivity index (χ0v) is 19.3. The van der Waals surface area contributed by atoms with E-state index in [-0.39, 0.29) is 16.8 Å². The fraction of sp³-hybridized carbons (Fsp3) is 0.111. The minimum Gasteiger partial charge on any atom is -0.480 e. The number of benzene rings is 3. The lowest BCUT2D eigenvalue weighted by Crippen LogP contribution is -2.20. The Morgan fingerprint density at radius 1 is 1.03 bits per heavy atom. The van der Waals surface area contributed by atoms with Gasteiger partial charge in [-0.2, -0.15) is 22.9 Å². The van der Waals surface area contributed by atoms with Crippen molar-refractivity contribution in [3.8, 4) is 11.4 Å². The molecule has 0 bridgehead atoms. The predicted octanol–water partition coefficient (Wildman–Crippen LogP) is 5.56. The molecule has 10 heteroatoms. The van der Waals surface area contributed by atoms with Gasteiger partial charge in [0.25, 0.3) is 5.56 Å². The van der Waals surface area contributed by atoms with Crippen molar-refractivity contribution in [3.05, 3.63) is 100 Å². The molecule has 186 valence electrons. The lowest BCUT2D eigenvalue weighted by Gasteiger charge is -2.12. The van der Waals surface area contributed by atoms with E-state index in [0.29, 0.717) is 22.0 Å². The van der Waals surface area contributed by atoms with Gasteiger partial charge in [-0.25, -0.2) is 9.78 Å². The molecule has 5 aromatic rings. The molecule has 1 N–H and O–H groups in total. The standard InChI is InChI=1S/C27H19F3N4O3/c1-16(26(36)37)33-15-18(20-9-3-5-12-23(20)33)14-31-34-24(17-7-6-8-19(13-17)27(28,29)30)32-22-11-4-2-10-21(22)25(34)35/h2-16H,1H3,(H,36,37)/t16-/m0/s1. The maximum absolute atomic E-state index is 13.4. The summed E-state index contributed by atoms with van der Waals surface area (Å²) in [5, 5.41) is 14.8. The van der Waals surface area contributed by atoms with E-state index in [1.807, 2.05) is 0 Å². The van der Waals surface area contributed by atoms with Crippen LogP contribution in [0.25, 0.3) is 33.2 Å². The molecule has 0 aliphatic rings. The number of aliphatic carboxylic acids is 1. The number of fused-ring (bicyclic) bond motifs is 2. The van der Waals surface area contributed by atoms with E-state index in [2.05, 4.69) is 10.1 Å². The van der Waals surface area contributed by atoms with Crippen LogP contribution in [0.5, 0.6) is 0 Å². The van der Waals surface area contributed by atoms with Crippen LogP contribution in [0.3, 0.4) is 0 Å². The molecule has 0 saturated heterocycles. The number of halogens is 3. The zero-order chi connectivity index (χ0) is 26.3. The molecule has 37 heavy (non-hydrogen) atoms. The molecule has 0 fully saturated rings. The first-order valence-electron chi connectivity index (χ1n) is 11.2. The molecule has 0 aliphatic carbocycles. The summed E-state index contributed by atoms with van der Waals surface area (Å²) in [7, 11) is 0. The van der Waals surface area contributed by atoms with E-state index >= 15 is 0 Å². The van der Waals surface area contributed by atoms with Crippen LogP contribution >= 0.6 is 0 Å². The van der Waals surface area contributed by atoms with Crippen LogP contribution in [0.1, 0.15) is 24.1 Å². The number of rotatable bonds is 5. The lowest BCUT2D eigenvalue weighted by molar-refractivity contribution is -0.140. The third kappa shape index (κ3) is 4.37. The molecule has 0 aliphatic heterocycles. The monoisotopic (exact) mass is 504 g/mol. The minimum absolute atomic E-state index is 0.0614. The molecule has 0 spiro atoms. The molecule has 5 rings (SSSR count). The molecule has 7 nitrogen and oxygen atoms in total. The van der Waals surface area contributed by atoms with E-state index in [1.54, 1.807) is 66.2 Å². The summed E-state index contributed by atoms with van der Waals surface area (Å²) in [6.07, 6.45) is -1.59. The van der Waals surface area contributed by atoms with Crippen LogP contribution in [-0.2, 0) is 11.0 Å². The average molecular weight is 504 g/mol.